The Morgan fingerprint density at radius 1 is 1.33 bits per heavy atom. The minimum Gasteiger partial charge on any atom is -0.453 e. The maximum atomic E-state index is 12.0. The molecule has 0 radical (unpaired) electrons. The molecule has 1 unspecified atom stereocenters. The van der Waals surface area contributed by atoms with E-state index in [2.05, 4.69) is 10.5 Å². The third kappa shape index (κ3) is 4.43. The molecular weight excluding hydrogens is 354 g/mol. The van der Waals surface area contributed by atoms with Crippen molar-refractivity contribution in [2.45, 2.75) is 39.3 Å². The van der Waals surface area contributed by atoms with Gasteiger partial charge in [0.05, 0.1) is 11.2 Å². The van der Waals surface area contributed by atoms with Gasteiger partial charge in [0.15, 0.2) is 11.7 Å². The summed E-state index contributed by atoms with van der Waals surface area (Å²) in [5, 5.41) is 6.12. The molecule has 1 N–H and O–H groups in total. The number of hydrogen-bond donors (Lipinski definition) is 1. The maximum absolute atomic E-state index is 12.0. The number of amides is 1. The highest BCUT2D eigenvalue weighted by atomic mass is 16.5. The Morgan fingerprint density at radius 2 is 2.11 bits per heavy atom. The summed E-state index contributed by atoms with van der Waals surface area (Å²) in [6.07, 6.45) is -0.552. The standard InChI is InChI=1S/C18H19N3O6/c1-11-10-15(27-20-11)19-17(23)12(2)25-16(22)8-5-9-21-13-6-3-4-7-14(13)26-18(21)24/h3-4,6-7,10,12H,5,8-9H2,1-2H3,(H,19,23). The average Bonchev–Trinajstić information content (AvgIpc) is 3.17. The third-order valence-corrected chi connectivity index (χ3v) is 3.89. The summed E-state index contributed by atoms with van der Waals surface area (Å²) in [7, 11) is 0. The highest BCUT2D eigenvalue weighted by Gasteiger charge is 2.19. The number of carbonyl (C=O) groups is 2. The van der Waals surface area contributed by atoms with Crippen molar-refractivity contribution in [3.63, 3.8) is 0 Å². The Labute approximate surface area is 153 Å². The van der Waals surface area contributed by atoms with Gasteiger partial charge in [-0.25, -0.2) is 4.79 Å². The van der Waals surface area contributed by atoms with E-state index >= 15 is 0 Å². The fourth-order valence-corrected chi connectivity index (χ4v) is 2.56. The van der Waals surface area contributed by atoms with E-state index < -0.39 is 23.7 Å². The minimum absolute atomic E-state index is 0.0605. The molecular formula is C18H19N3O6. The second kappa shape index (κ2) is 7.90. The molecule has 2 aromatic heterocycles. The first-order chi connectivity index (χ1) is 12.9. The lowest BCUT2D eigenvalue weighted by molar-refractivity contribution is -0.153. The number of aromatic nitrogens is 2. The number of anilines is 1. The number of carbonyl (C=O) groups excluding carboxylic acids is 2. The van der Waals surface area contributed by atoms with E-state index in [1.54, 1.807) is 37.3 Å². The number of para-hydroxylation sites is 2. The molecule has 0 spiro atoms. The Balaban J connectivity index is 1.48. The van der Waals surface area contributed by atoms with Crippen molar-refractivity contribution in [3.05, 3.63) is 46.6 Å². The van der Waals surface area contributed by atoms with Crippen LogP contribution in [-0.2, 0) is 20.9 Å². The molecule has 1 amide bonds. The monoisotopic (exact) mass is 373 g/mol. The number of fused-ring (bicyclic) bond motifs is 1. The molecule has 3 aromatic rings. The van der Waals surface area contributed by atoms with Crippen LogP contribution in [0.4, 0.5) is 5.88 Å². The smallest absolute Gasteiger partial charge is 0.419 e. The van der Waals surface area contributed by atoms with E-state index in [1.165, 1.54) is 11.5 Å². The molecule has 9 nitrogen and oxygen atoms in total. The zero-order valence-electron chi connectivity index (χ0n) is 14.9. The SMILES string of the molecule is Cc1cc(NC(=O)C(C)OC(=O)CCCn2c(=O)oc3ccccc32)on1. The third-order valence-electron chi connectivity index (χ3n) is 3.89. The van der Waals surface area contributed by atoms with Gasteiger partial charge in [-0.15, -0.1) is 0 Å². The topological polar surface area (TPSA) is 117 Å². The Kier molecular flexibility index (Phi) is 5.39. The summed E-state index contributed by atoms with van der Waals surface area (Å²) in [6, 6.07) is 8.62. The van der Waals surface area contributed by atoms with Crippen molar-refractivity contribution < 1.29 is 23.3 Å². The van der Waals surface area contributed by atoms with Crippen LogP contribution in [0.25, 0.3) is 11.1 Å². The van der Waals surface area contributed by atoms with E-state index in [4.69, 9.17) is 13.7 Å². The average molecular weight is 373 g/mol. The first-order valence-electron chi connectivity index (χ1n) is 8.46. The van der Waals surface area contributed by atoms with E-state index in [0.29, 0.717) is 29.8 Å². The lowest BCUT2D eigenvalue weighted by atomic mass is 10.3. The van der Waals surface area contributed by atoms with Crippen LogP contribution < -0.4 is 11.1 Å². The molecule has 3 rings (SSSR count). The molecule has 2 heterocycles. The highest BCUT2D eigenvalue weighted by Crippen LogP contribution is 2.13. The second-order valence-corrected chi connectivity index (χ2v) is 6.04. The number of hydrogen-bond acceptors (Lipinski definition) is 7. The predicted octanol–water partition coefficient (Wildman–Crippen LogP) is 2.24. The number of nitrogens with one attached hydrogen (secondary N) is 1. The van der Waals surface area contributed by atoms with Gasteiger partial charge in [-0.05, 0) is 32.4 Å². The molecule has 142 valence electrons. The van der Waals surface area contributed by atoms with Gasteiger partial charge in [0, 0.05) is 19.0 Å². The molecule has 9 heteroatoms. The van der Waals surface area contributed by atoms with E-state index in [1.807, 2.05) is 0 Å². The van der Waals surface area contributed by atoms with Crippen molar-refractivity contribution in [2.24, 2.45) is 0 Å². The molecule has 0 bridgehead atoms. The first-order valence-corrected chi connectivity index (χ1v) is 8.46. The van der Waals surface area contributed by atoms with Gasteiger partial charge in [-0.3, -0.25) is 19.5 Å². The summed E-state index contributed by atoms with van der Waals surface area (Å²) in [5.74, 6) is -1.34. The van der Waals surface area contributed by atoms with E-state index in [-0.39, 0.29) is 12.3 Å². The molecule has 0 aliphatic carbocycles. The van der Waals surface area contributed by atoms with Gasteiger partial charge in [0.2, 0.25) is 5.88 Å². The predicted molar refractivity (Wildman–Crippen MR) is 95.1 cm³/mol. The van der Waals surface area contributed by atoms with Gasteiger partial charge in [-0.2, -0.15) is 0 Å². The Morgan fingerprint density at radius 3 is 2.85 bits per heavy atom. The van der Waals surface area contributed by atoms with Crippen LogP contribution >= 0.6 is 0 Å². The summed E-state index contributed by atoms with van der Waals surface area (Å²) in [6.45, 7) is 3.49. The van der Waals surface area contributed by atoms with Crippen LogP contribution in [0.2, 0.25) is 0 Å². The molecule has 0 saturated heterocycles. The maximum Gasteiger partial charge on any atom is 0.419 e. The highest BCUT2D eigenvalue weighted by molar-refractivity contribution is 5.94. The van der Waals surface area contributed by atoms with Crippen LogP contribution in [-0.4, -0.2) is 27.7 Å². The van der Waals surface area contributed by atoms with Gasteiger partial charge in [0.1, 0.15) is 0 Å². The number of rotatable bonds is 7. The fraction of sp³-hybridized carbons (Fsp3) is 0.333. The molecule has 0 fully saturated rings. The van der Waals surface area contributed by atoms with Gasteiger partial charge < -0.3 is 13.7 Å². The minimum atomic E-state index is -0.986. The van der Waals surface area contributed by atoms with Crippen LogP contribution in [0.1, 0.15) is 25.5 Å². The quantitative estimate of drug-likeness (QED) is 0.631. The number of esters is 1. The second-order valence-electron chi connectivity index (χ2n) is 6.04. The van der Waals surface area contributed by atoms with Crippen LogP contribution in [0.5, 0.6) is 0 Å². The Bertz CT molecular complexity index is 1020. The van der Waals surface area contributed by atoms with Crippen LogP contribution in [0.3, 0.4) is 0 Å². The van der Waals surface area contributed by atoms with Crippen molar-refractivity contribution in [1.82, 2.24) is 9.72 Å². The summed E-state index contributed by atoms with van der Waals surface area (Å²) >= 11 is 0. The van der Waals surface area contributed by atoms with Crippen molar-refractivity contribution in [2.75, 3.05) is 5.32 Å². The zero-order chi connectivity index (χ0) is 19.4. The molecule has 1 aromatic carbocycles. The zero-order valence-corrected chi connectivity index (χ0v) is 14.9. The van der Waals surface area contributed by atoms with Crippen LogP contribution in [0.15, 0.2) is 44.1 Å². The molecule has 0 saturated carbocycles. The molecule has 0 aliphatic rings. The number of benzene rings is 1. The first kappa shape index (κ1) is 18.4. The summed E-state index contributed by atoms with van der Waals surface area (Å²) in [4.78, 5) is 35.8. The van der Waals surface area contributed by atoms with Gasteiger partial charge in [0.25, 0.3) is 5.91 Å². The lowest BCUT2D eigenvalue weighted by Gasteiger charge is -2.12. The number of ether oxygens (including phenoxy) is 1. The summed E-state index contributed by atoms with van der Waals surface area (Å²) in [5.41, 5.74) is 1.79. The molecule has 1 atom stereocenters. The van der Waals surface area contributed by atoms with Crippen molar-refractivity contribution in [1.29, 1.82) is 0 Å². The largest absolute Gasteiger partial charge is 0.453 e. The van der Waals surface area contributed by atoms with Gasteiger partial charge >= 0.3 is 11.7 Å². The molecule has 27 heavy (non-hydrogen) atoms. The Hall–Kier alpha value is -3.36. The van der Waals surface area contributed by atoms with Crippen molar-refractivity contribution in [3.8, 4) is 0 Å². The number of nitrogens with zero attached hydrogens (tertiary/aromatic N) is 2. The lowest BCUT2D eigenvalue weighted by Crippen LogP contribution is -2.29. The fourth-order valence-electron chi connectivity index (χ4n) is 2.56. The number of aryl methyl sites for hydroxylation is 2. The molecule has 0 aliphatic heterocycles. The van der Waals surface area contributed by atoms with Crippen molar-refractivity contribution >= 4 is 28.9 Å². The normalized spacial score (nSPS) is 12.1. The number of oxazole rings is 1. The van der Waals surface area contributed by atoms with E-state index in [0.717, 1.165) is 0 Å². The van der Waals surface area contributed by atoms with E-state index in [9.17, 15) is 14.4 Å². The van der Waals surface area contributed by atoms with Crippen LogP contribution in [0, 0.1) is 6.92 Å². The summed E-state index contributed by atoms with van der Waals surface area (Å²) < 4.78 is 16.6. The van der Waals surface area contributed by atoms with Gasteiger partial charge in [-0.1, -0.05) is 17.3 Å².